The summed E-state index contributed by atoms with van der Waals surface area (Å²) in [4.78, 5) is 12.4. The third-order valence-corrected chi connectivity index (χ3v) is 5.84. The van der Waals surface area contributed by atoms with Crippen LogP contribution in [0.3, 0.4) is 0 Å². The molecule has 1 aliphatic carbocycles. The number of amides is 1. The van der Waals surface area contributed by atoms with Gasteiger partial charge in [0.2, 0.25) is 0 Å². The number of rotatable bonds is 5. The zero-order valence-electron chi connectivity index (χ0n) is 15.0. The highest BCUT2D eigenvalue weighted by Crippen LogP contribution is 2.32. The Hall–Kier alpha value is -2.14. The summed E-state index contributed by atoms with van der Waals surface area (Å²) in [7, 11) is -3.06. The van der Waals surface area contributed by atoms with Crippen LogP contribution in [-0.2, 0) is 15.6 Å². The molecule has 1 saturated carbocycles. The molecular formula is C21H25NO3S. The second kappa shape index (κ2) is 8.04. The zero-order valence-corrected chi connectivity index (χ0v) is 15.8. The molecule has 0 radical (unpaired) electrons. The normalized spacial score (nSPS) is 20.5. The van der Waals surface area contributed by atoms with Crippen LogP contribution in [-0.4, -0.2) is 26.6 Å². The first kappa shape index (κ1) is 18.6. The molecule has 3 rings (SSSR count). The first-order valence-corrected chi connectivity index (χ1v) is 11.1. The predicted molar refractivity (Wildman–Crippen MR) is 104 cm³/mol. The quantitative estimate of drug-likeness (QED) is 0.872. The molecule has 0 unspecified atom stereocenters. The first-order valence-electron chi connectivity index (χ1n) is 9.03. The molecule has 1 N–H and O–H groups in total. The van der Waals surface area contributed by atoms with Crippen LogP contribution in [0.4, 0.5) is 0 Å². The Morgan fingerprint density at radius 1 is 0.962 bits per heavy atom. The van der Waals surface area contributed by atoms with Crippen molar-refractivity contribution >= 4 is 15.7 Å². The fraction of sp³-hybridized carbons (Fsp3) is 0.381. The van der Waals surface area contributed by atoms with Gasteiger partial charge in [-0.05, 0) is 54.9 Å². The Bertz CT molecular complexity index is 837. The lowest BCUT2D eigenvalue weighted by Crippen LogP contribution is -2.37. The number of hydrogen-bond acceptors (Lipinski definition) is 3. The number of sulfone groups is 1. The predicted octanol–water partition coefficient (Wildman–Crippen LogP) is 3.69. The number of hydrogen-bond donors (Lipinski definition) is 1. The highest BCUT2D eigenvalue weighted by molar-refractivity contribution is 7.89. The van der Waals surface area contributed by atoms with Gasteiger partial charge >= 0.3 is 0 Å². The molecule has 26 heavy (non-hydrogen) atoms. The Morgan fingerprint density at radius 2 is 1.58 bits per heavy atom. The SMILES string of the molecule is CS(=O)(=O)Cc1ccc(C(=O)NC2CCC(c3ccccc3)CC2)cc1. The van der Waals surface area contributed by atoms with E-state index in [0.717, 1.165) is 25.7 Å². The number of carbonyl (C=O) groups excluding carboxylic acids is 1. The third-order valence-electron chi connectivity index (χ3n) is 4.98. The van der Waals surface area contributed by atoms with Crippen molar-refractivity contribution in [1.29, 1.82) is 0 Å². The Morgan fingerprint density at radius 3 is 2.15 bits per heavy atom. The van der Waals surface area contributed by atoms with E-state index in [1.54, 1.807) is 24.3 Å². The van der Waals surface area contributed by atoms with Gasteiger partial charge in [0.15, 0.2) is 9.84 Å². The summed E-state index contributed by atoms with van der Waals surface area (Å²) in [6.45, 7) is 0. The lowest BCUT2D eigenvalue weighted by molar-refractivity contribution is 0.0926. The molecule has 2 aromatic rings. The number of nitrogens with one attached hydrogen (secondary N) is 1. The summed E-state index contributed by atoms with van der Waals surface area (Å²) in [6.07, 6.45) is 5.35. The van der Waals surface area contributed by atoms with Gasteiger partial charge in [0.25, 0.3) is 5.91 Å². The Kier molecular flexibility index (Phi) is 5.77. The molecule has 5 heteroatoms. The topological polar surface area (TPSA) is 63.2 Å². The molecule has 1 amide bonds. The molecule has 0 spiro atoms. The van der Waals surface area contributed by atoms with Gasteiger partial charge in [-0.1, -0.05) is 42.5 Å². The van der Waals surface area contributed by atoms with Crippen molar-refractivity contribution in [1.82, 2.24) is 5.32 Å². The van der Waals surface area contributed by atoms with Gasteiger partial charge in [-0.3, -0.25) is 4.79 Å². The van der Waals surface area contributed by atoms with E-state index in [9.17, 15) is 13.2 Å². The van der Waals surface area contributed by atoms with Crippen LogP contribution in [0, 0.1) is 0 Å². The molecule has 138 valence electrons. The van der Waals surface area contributed by atoms with Crippen molar-refractivity contribution in [3.05, 3.63) is 71.3 Å². The summed E-state index contributed by atoms with van der Waals surface area (Å²) in [5, 5.41) is 3.12. The van der Waals surface area contributed by atoms with Crippen LogP contribution < -0.4 is 5.32 Å². The Balaban J connectivity index is 1.53. The van der Waals surface area contributed by atoms with E-state index in [4.69, 9.17) is 0 Å². The lowest BCUT2D eigenvalue weighted by atomic mass is 9.82. The third kappa shape index (κ3) is 5.18. The summed E-state index contributed by atoms with van der Waals surface area (Å²) in [5.74, 6) is 0.497. The molecule has 2 aromatic carbocycles. The molecule has 0 heterocycles. The van der Waals surface area contributed by atoms with Crippen molar-refractivity contribution in [2.45, 2.75) is 43.4 Å². The van der Waals surface area contributed by atoms with Crippen LogP contribution in [0.2, 0.25) is 0 Å². The summed E-state index contributed by atoms with van der Waals surface area (Å²) in [6, 6.07) is 17.6. The summed E-state index contributed by atoms with van der Waals surface area (Å²) in [5.41, 5.74) is 2.67. The lowest BCUT2D eigenvalue weighted by Gasteiger charge is -2.29. The fourth-order valence-corrected chi connectivity index (χ4v) is 4.42. The fourth-order valence-electron chi connectivity index (χ4n) is 3.62. The molecule has 0 aliphatic heterocycles. The average molecular weight is 372 g/mol. The summed E-state index contributed by atoms with van der Waals surface area (Å²) >= 11 is 0. The molecule has 1 fully saturated rings. The average Bonchev–Trinajstić information content (AvgIpc) is 2.62. The Labute approximate surface area is 155 Å². The van der Waals surface area contributed by atoms with Crippen LogP contribution in [0.5, 0.6) is 0 Å². The van der Waals surface area contributed by atoms with Crippen LogP contribution in [0.15, 0.2) is 54.6 Å². The van der Waals surface area contributed by atoms with Gasteiger partial charge in [0.05, 0.1) is 5.75 Å². The highest BCUT2D eigenvalue weighted by Gasteiger charge is 2.23. The molecule has 0 saturated heterocycles. The molecule has 1 aliphatic rings. The second-order valence-electron chi connectivity index (χ2n) is 7.20. The number of benzene rings is 2. The van der Waals surface area contributed by atoms with E-state index in [0.29, 0.717) is 17.0 Å². The molecule has 4 nitrogen and oxygen atoms in total. The van der Waals surface area contributed by atoms with E-state index in [1.165, 1.54) is 11.8 Å². The van der Waals surface area contributed by atoms with Crippen LogP contribution in [0.25, 0.3) is 0 Å². The molecule has 0 atom stereocenters. The monoisotopic (exact) mass is 371 g/mol. The van der Waals surface area contributed by atoms with Gasteiger partial charge in [-0.2, -0.15) is 0 Å². The molecule has 0 aromatic heterocycles. The van der Waals surface area contributed by atoms with Crippen LogP contribution in [0.1, 0.15) is 53.1 Å². The van der Waals surface area contributed by atoms with Crippen molar-refractivity contribution < 1.29 is 13.2 Å². The van der Waals surface area contributed by atoms with Crippen molar-refractivity contribution in [2.75, 3.05) is 6.26 Å². The van der Waals surface area contributed by atoms with Crippen LogP contribution >= 0.6 is 0 Å². The highest BCUT2D eigenvalue weighted by atomic mass is 32.2. The second-order valence-corrected chi connectivity index (χ2v) is 9.34. The minimum Gasteiger partial charge on any atom is -0.349 e. The minimum atomic E-state index is -3.06. The van der Waals surface area contributed by atoms with Gasteiger partial charge in [0, 0.05) is 17.9 Å². The van der Waals surface area contributed by atoms with E-state index in [-0.39, 0.29) is 17.7 Å². The van der Waals surface area contributed by atoms with Gasteiger partial charge in [0.1, 0.15) is 0 Å². The van der Waals surface area contributed by atoms with E-state index in [1.807, 2.05) is 6.07 Å². The maximum Gasteiger partial charge on any atom is 0.251 e. The minimum absolute atomic E-state index is 0.00159. The number of carbonyl (C=O) groups is 1. The largest absolute Gasteiger partial charge is 0.349 e. The van der Waals surface area contributed by atoms with Crippen molar-refractivity contribution in [2.24, 2.45) is 0 Å². The smallest absolute Gasteiger partial charge is 0.251 e. The van der Waals surface area contributed by atoms with Crippen molar-refractivity contribution in [3.8, 4) is 0 Å². The standard InChI is InChI=1S/C21H25NO3S/c1-26(24,25)15-16-7-9-19(10-8-16)21(23)22-20-13-11-18(12-14-20)17-5-3-2-4-6-17/h2-10,18,20H,11-15H2,1H3,(H,22,23). The van der Waals surface area contributed by atoms with E-state index < -0.39 is 9.84 Å². The van der Waals surface area contributed by atoms with Gasteiger partial charge in [-0.25, -0.2) is 8.42 Å². The maximum absolute atomic E-state index is 12.4. The van der Waals surface area contributed by atoms with Crippen molar-refractivity contribution in [3.63, 3.8) is 0 Å². The first-order chi connectivity index (χ1) is 12.4. The van der Waals surface area contributed by atoms with E-state index >= 15 is 0 Å². The summed E-state index contributed by atoms with van der Waals surface area (Å²) < 4.78 is 22.7. The molecule has 0 bridgehead atoms. The van der Waals surface area contributed by atoms with Gasteiger partial charge in [-0.15, -0.1) is 0 Å². The maximum atomic E-state index is 12.4. The van der Waals surface area contributed by atoms with E-state index in [2.05, 4.69) is 29.6 Å². The molecular weight excluding hydrogens is 346 g/mol. The van der Waals surface area contributed by atoms with Gasteiger partial charge < -0.3 is 5.32 Å². The zero-order chi connectivity index (χ0) is 18.6.